The summed E-state index contributed by atoms with van der Waals surface area (Å²) in [5, 5.41) is 6.38. The normalized spacial score (nSPS) is 27.2. The van der Waals surface area contributed by atoms with Crippen molar-refractivity contribution in [3.63, 3.8) is 0 Å². The maximum absolute atomic E-state index is 11.5. The third-order valence-electron chi connectivity index (χ3n) is 4.94. The van der Waals surface area contributed by atoms with Gasteiger partial charge in [0.1, 0.15) is 21.8 Å². The van der Waals surface area contributed by atoms with Crippen LogP contribution in [0.4, 0.5) is 0 Å². The number of methoxy groups -OCH3 is 1. The lowest BCUT2D eigenvalue weighted by Crippen LogP contribution is -2.37. The SMILES string of the molecule is COC(=O)COC1(c2nc(Br)cs2)CCC2(CCNCC2)C1. The van der Waals surface area contributed by atoms with Gasteiger partial charge >= 0.3 is 5.97 Å². The lowest BCUT2D eigenvalue weighted by atomic mass is 9.76. The number of hydrogen-bond donors (Lipinski definition) is 1. The van der Waals surface area contributed by atoms with Crippen molar-refractivity contribution in [3.05, 3.63) is 15.0 Å². The van der Waals surface area contributed by atoms with Crippen LogP contribution in [0.15, 0.2) is 9.98 Å². The highest BCUT2D eigenvalue weighted by Gasteiger charge is 2.51. The predicted molar refractivity (Wildman–Crippen MR) is 87.8 cm³/mol. The molecule has 122 valence electrons. The van der Waals surface area contributed by atoms with Crippen molar-refractivity contribution in [2.75, 3.05) is 26.8 Å². The number of nitrogens with one attached hydrogen (secondary N) is 1. The van der Waals surface area contributed by atoms with Gasteiger partial charge in [0.2, 0.25) is 0 Å². The standard InChI is InChI=1S/C15H21BrN2O3S/c1-20-12(19)8-21-15(13-18-11(16)9-22-13)3-2-14(10-15)4-6-17-7-5-14/h9,17H,2-8,10H2,1H3. The Labute approximate surface area is 142 Å². The van der Waals surface area contributed by atoms with Crippen LogP contribution in [0.3, 0.4) is 0 Å². The minimum absolute atomic E-state index is 0.0119. The van der Waals surface area contributed by atoms with E-state index in [9.17, 15) is 4.79 Å². The Kier molecular flexibility index (Phi) is 4.87. The van der Waals surface area contributed by atoms with Gasteiger partial charge in [-0.3, -0.25) is 0 Å². The first-order valence-corrected chi connectivity index (χ1v) is 9.28. The van der Waals surface area contributed by atoms with Gasteiger partial charge in [-0.2, -0.15) is 0 Å². The first-order valence-electron chi connectivity index (χ1n) is 7.61. The number of rotatable bonds is 4. The molecule has 1 saturated heterocycles. The number of carbonyl (C=O) groups is 1. The molecule has 1 atom stereocenters. The Morgan fingerprint density at radius 1 is 1.41 bits per heavy atom. The molecule has 1 N–H and O–H groups in total. The molecular formula is C15H21BrN2O3S. The van der Waals surface area contributed by atoms with Crippen LogP contribution in [0.2, 0.25) is 0 Å². The molecule has 0 aromatic carbocycles. The second kappa shape index (κ2) is 6.55. The molecule has 0 radical (unpaired) electrons. The van der Waals surface area contributed by atoms with Gasteiger partial charge in [0.05, 0.1) is 7.11 Å². The van der Waals surface area contributed by atoms with Crippen LogP contribution in [-0.4, -0.2) is 37.8 Å². The average molecular weight is 389 g/mol. The third-order valence-corrected chi connectivity index (χ3v) is 6.68. The Morgan fingerprint density at radius 2 is 2.18 bits per heavy atom. The summed E-state index contributed by atoms with van der Waals surface area (Å²) in [7, 11) is 1.39. The number of nitrogens with zero attached hydrogens (tertiary/aromatic N) is 1. The van der Waals surface area contributed by atoms with Crippen molar-refractivity contribution >= 4 is 33.2 Å². The quantitative estimate of drug-likeness (QED) is 0.803. The van der Waals surface area contributed by atoms with Crippen molar-refractivity contribution in [1.29, 1.82) is 0 Å². The van der Waals surface area contributed by atoms with E-state index in [1.165, 1.54) is 20.0 Å². The lowest BCUT2D eigenvalue weighted by Gasteiger charge is -2.36. The fourth-order valence-corrected chi connectivity index (χ4v) is 5.16. The zero-order chi connectivity index (χ0) is 15.6. The number of halogens is 1. The highest BCUT2D eigenvalue weighted by Crippen LogP contribution is 2.56. The number of thiazole rings is 1. The van der Waals surface area contributed by atoms with E-state index in [2.05, 4.69) is 26.2 Å². The largest absolute Gasteiger partial charge is 0.467 e. The number of aromatic nitrogens is 1. The summed E-state index contributed by atoms with van der Waals surface area (Å²) in [5.74, 6) is -0.332. The second-order valence-electron chi connectivity index (χ2n) is 6.26. The van der Waals surface area contributed by atoms with E-state index in [0.29, 0.717) is 5.41 Å². The van der Waals surface area contributed by atoms with E-state index in [1.54, 1.807) is 11.3 Å². The van der Waals surface area contributed by atoms with Gasteiger partial charge in [-0.1, -0.05) is 0 Å². The van der Waals surface area contributed by atoms with Crippen LogP contribution in [0.1, 0.15) is 37.1 Å². The third kappa shape index (κ3) is 3.22. The first kappa shape index (κ1) is 16.4. The highest BCUT2D eigenvalue weighted by atomic mass is 79.9. The molecule has 2 fully saturated rings. The fraction of sp³-hybridized carbons (Fsp3) is 0.733. The van der Waals surface area contributed by atoms with E-state index in [0.717, 1.165) is 42.0 Å². The maximum atomic E-state index is 11.5. The van der Waals surface area contributed by atoms with E-state index in [-0.39, 0.29) is 12.6 Å². The number of hydrogen-bond acceptors (Lipinski definition) is 6. The Bertz CT molecular complexity index is 545. The van der Waals surface area contributed by atoms with Crippen LogP contribution in [0, 0.1) is 5.41 Å². The van der Waals surface area contributed by atoms with Crippen molar-refractivity contribution < 1.29 is 14.3 Å². The maximum Gasteiger partial charge on any atom is 0.331 e. The van der Waals surface area contributed by atoms with Crippen molar-refractivity contribution in [1.82, 2.24) is 10.3 Å². The van der Waals surface area contributed by atoms with E-state index >= 15 is 0 Å². The molecule has 1 unspecified atom stereocenters. The number of ether oxygens (including phenoxy) is 2. The minimum atomic E-state index is -0.442. The van der Waals surface area contributed by atoms with Crippen LogP contribution in [0.25, 0.3) is 0 Å². The van der Waals surface area contributed by atoms with Crippen molar-refractivity contribution in [2.24, 2.45) is 5.41 Å². The molecule has 1 spiro atoms. The predicted octanol–water partition coefficient (Wildman–Crippen LogP) is 2.84. The fourth-order valence-electron chi connectivity index (χ4n) is 3.72. The molecule has 0 bridgehead atoms. The Morgan fingerprint density at radius 3 is 2.82 bits per heavy atom. The molecule has 1 aliphatic carbocycles. The summed E-state index contributed by atoms with van der Waals surface area (Å²) in [6, 6.07) is 0. The van der Waals surface area contributed by atoms with E-state index < -0.39 is 5.60 Å². The van der Waals surface area contributed by atoms with Crippen molar-refractivity contribution in [2.45, 2.75) is 37.7 Å². The zero-order valence-corrected chi connectivity index (χ0v) is 15.1. The van der Waals surface area contributed by atoms with E-state index in [1.807, 2.05) is 5.38 Å². The highest BCUT2D eigenvalue weighted by molar-refractivity contribution is 9.10. The average Bonchev–Trinajstić information content (AvgIpc) is 3.11. The molecule has 5 nitrogen and oxygen atoms in total. The topological polar surface area (TPSA) is 60.5 Å². The summed E-state index contributed by atoms with van der Waals surface area (Å²) >= 11 is 5.03. The van der Waals surface area contributed by atoms with Gasteiger partial charge in [-0.05, 0) is 66.5 Å². The second-order valence-corrected chi connectivity index (χ2v) is 7.93. The number of carbonyl (C=O) groups excluding carboxylic acids is 1. The summed E-state index contributed by atoms with van der Waals surface area (Å²) in [5.41, 5.74) is -0.123. The molecule has 2 aliphatic rings. The minimum Gasteiger partial charge on any atom is -0.467 e. The lowest BCUT2D eigenvalue weighted by molar-refractivity contribution is -0.154. The van der Waals surface area contributed by atoms with Gasteiger partial charge in [-0.15, -0.1) is 11.3 Å². The van der Waals surface area contributed by atoms with Crippen LogP contribution >= 0.6 is 27.3 Å². The molecular weight excluding hydrogens is 368 g/mol. The number of esters is 1. The monoisotopic (exact) mass is 388 g/mol. The number of piperidine rings is 1. The molecule has 1 aromatic heterocycles. The van der Waals surface area contributed by atoms with Crippen LogP contribution < -0.4 is 5.32 Å². The Balaban J connectivity index is 1.82. The molecule has 22 heavy (non-hydrogen) atoms. The summed E-state index contributed by atoms with van der Waals surface area (Å²) in [6.45, 7) is 2.12. The zero-order valence-electron chi connectivity index (χ0n) is 12.7. The molecule has 7 heteroatoms. The van der Waals surface area contributed by atoms with Crippen molar-refractivity contribution in [3.8, 4) is 0 Å². The van der Waals surface area contributed by atoms with Crippen LogP contribution in [0.5, 0.6) is 0 Å². The molecule has 1 aromatic rings. The molecule has 1 aliphatic heterocycles. The van der Waals surface area contributed by atoms with E-state index in [4.69, 9.17) is 9.47 Å². The molecule has 2 heterocycles. The van der Waals surface area contributed by atoms with Gasteiger partial charge in [0.25, 0.3) is 0 Å². The smallest absolute Gasteiger partial charge is 0.331 e. The molecule has 3 rings (SSSR count). The van der Waals surface area contributed by atoms with Gasteiger partial charge < -0.3 is 14.8 Å². The molecule has 0 amide bonds. The van der Waals surface area contributed by atoms with Gasteiger partial charge in [0, 0.05) is 5.38 Å². The first-order chi connectivity index (χ1) is 10.6. The summed E-state index contributed by atoms with van der Waals surface area (Å²) in [4.78, 5) is 16.1. The molecule has 1 saturated carbocycles. The summed E-state index contributed by atoms with van der Waals surface area (Å²) in [6.07, 6.45) is 5.33. The summed E-state index contributed by atoms with van der Waals surface area (Å²) < 4.78 is 11.7. The van der Waals surface area contributed by atoms with Crippen LogP contribution in [-0.2, 0) is 19.9 Å². The van der Waals surface area contributed by atoms with Gasteiger partial charge in [0.15, 0.2) is 0 Å². The Hall–Kier alpha value is -0.500. The van der Waals surface area contributed by atoms with Gasteiger partial charge in [-0.25, -0.2) is 9.78 Å².